The fourth-order valence-corrected chi connectivity index (χ4v) is 3.55. The number of rotatable bonds is 6. The van der Waals surface area contributed by atoms with Gasteiger partial charge in [-0.1, -0.05) is 38.3 Å². The first-order chi connectivity index (χ1) is 11.8. The van der Waals surface area contributed by atoms with Crippen molar-refractivity contribution in [3.63, 3.8) is 0 Å². The summed E-state index contributed by atoms with van der Waals surface area (Å²) in [5.74, 6) is -1.80. The molecular weight excluding hydrogens is 323 g/mol. The number of halogens is 1. The third-order valence-corrected chi connectivity index (χ3v) is 5.16. The first-order valence-electron chi connectivity index (χ1n) is 8.82. The number of urea groups is 1. The minimum absolute atomic E-state index is 0.157. The summed E-state index contributed by atoms with van der Waals surface area (Å²) in [6.45, 7) is 2.21. The Balaban J connectivity index is 2.04. The highest BCUT2D eigenvalue weighted by molar-refractivity contribution is 5.75. The molecule has 1 aromatic carbocycles. The maximum atomic E-state index is 13.3. The van der Waals surface area contributed by atoms with Gasteiger partial charge in [0.15, 0.2) is 0 Å². The van der Waals surface area contributed by atoms with Crippen molar-refractivity contribution in [2.75, 3.05) is 20.1 Å². The molecule has 6 heteroatoms. The van der Waals surface area contributed by atoms with Crippen LogP contribution in [0.1, 0.15) is 44.6 Å². The summed E-state index contributed by atoms with van der Waals surface area (Å²) in [6.07, 6.45) is 5.24. The number of carboxylic acid groups (broad SMARTS) is 1. The minimum Gasteiger partial charge on any atom is -0.481 e. The van der Waals surface area contributed by atoms with Crippen LogP contribution in [0.3, 0.4) is 0 Å². The summed E-state index contributed by atoms with van der Waals surface area (Å²) in [5, 5.41) is 11.9. The summed E-state index contributed by atoms with van der Waals surface area (Å²) in [7, 11) is 1.60. The normalized spacial score (nSPS) is 17.6. The van der Waals surface area contributed by atoms with E-state index in [1.165, 1.54) is 23.5 Å². The van der Waals surface area contributed by atoms with Crippen molar-refractivity contribution in [2.24, 2.45) is 5.92 Å². The van der Waals surface area contributed by atoms with Gasteiger partial charge in [-0.25, -0.2) is 9.18 Å². The third kappa shape index (κ3) is 4.94. The Morgan fingerprint density at radius 2 is 1.84 bits per heavy atom. The highest BCUT2D eigenvalue weighted by Gasteiger charge is 2.34. The molecule has 1 saturated carbocycles. The number of hydrogen-bond acceptors (Lipinski definition) is 2. The van der Waals surface area contributed by atoms with Crippen molar-refractivity contribution >= 4 is 12.0 Å². The van der Waals surface area contributed by atoms with Crippen LogP contribution in [0.2, 0.25) is 0 Å². The fraction of sp³-hybridized carbons (Fsp3) is 0.579. The van der Waals surface area contributed by atoms with Gasteiger partial charge in [-0.15, -0.1) is 0 Å². The highest BCUT2D eigenvalue weighted by Crippen LogP contribution is 2.39. The van der Waals surface area contributed by atoms with Crippen LogP contribution >= 0.6 is 0 Å². The van der Waals surface area contributed by atoms with Gasteiger partial charge in [0.2, 0.25) is 0 Å². The topological polar surface area (TPSA) is 69.6 Å². The van der Waals surface area contributed by atoms with E-state index in [0.717, 1.165) is 31.2 Å². The predicted molar refractivity (Wildman–Crippen MR) is 94.0 cm³/mol. The molecule has 0 aromatic heterocycles. The first-order valence-corrected chi connectivity index (χ1v) is 8.82. The number of carbonyl (C=O) groups is 2. The van der Waals surface area contributed by atoms with Crippen molar-refractivity contribution in [3.8, 4) is 0 Å². The van der Waals surface area contributed by atoms with Gasteiger partial charge in [-0.2, -0.15) is 0 Å². The molecular formula is C19H27FN2O3. The van der Waals surface area contributed by atoms with Crippen LogP contribution < -0.4 is 5.32 Å². The van der Waals surface area contributed by atoms with Crippen LogP contribution in [0.4, 0.5) is 9.18 Å². The monoisotopic (exact) mass is 350 g/mol. The maximum Gasteiger partial charge on any atom is 0.317 e. The van der Waals surface area contributed by atoms with E-state index in [4.69, 9.17) is 5.11 Å². The summed E-state index contributed by atoms with van der Waals surface area (Å²) in [4.78, 5) is 24.7. The number of nitrogens with zero attached hydrogens (tertiary/aromatic N) is 1. The van der Waals surface area contributed by atoms with E-state index in [1.54, 1.807) is 14.0 Å². The van der Waals surface area contributed by atoms with E-state index in [2.05, 4.69) is 5.32 Å². The Morgan fingerprint density at radius 1 is 1.24 bits per heavy atom. The average molecular weight is 350 g/mol. The quantitative estimate of drug-likeness (QED) is 0.826. The molecule has 1 aromatic rings. The van der Waals surface area contributed by atoms with Crippen LogP contribution in [0.25, 0.3) is 0 Å². The number of hydrogen-bond donors (Lipinski definition) is 2. The van der Waals surface area contributed by atoms with Crippen LogP contribution in [0.15, 0.2) is 24.3 Å². The molecule has 1 aliphatic rings. The molecule has 0 saturated heterocycles. The summed E-state index contributed by atoms with van der Waals surface area (Å²) >= 11 is 0. The standard InChI is InChI=1S/C19H27FN2O3/c1-14(17(23)24)12-22(2)18(25)21-13-19(10-4-3-5-11-19)15-6-8-16(20)9-7-15/h6-9,14H,3-5,10-13H2,1-2H3,(H,21,25)(H,23,24). The van der Waals surface area contributed by atoms with Gasteiger partial charge in [-0.3, -0.25) is 4.79 Å². The number of nitrogens with one attached hydrogen (secondary N) is 1. The van der Waals surface area contributed by atoms with E-state index in [1.807, 2.05) is 12.1 Å². The summed E-state index contributed by atoms with van der Waals surface area (Å²) in [5.41, 5.74) is 0.872. The van der Waals surface area contributed by atoms with E-state index >= 15 is 0 Å². The van der Waals surface area contributed by atoms with Gasteiger partial charge >= 0.3 is 12.0 Å². The SMILES string of the molecule is CC(CN(C)C(=O)NCC1(c2ccc(F)cc2)CCCCC1)C(=O)O. The zero-order valence-electron chi connectivity index (χ0n) is 14.9. The smallest absolute Gasteiger partial charge is 0.317 e. The van der Waals surface area contributed by atoms with Gasteiger partial charge in [0.25, 0.3) is 0 Å². The third-order valence-electron chi connectivity index (χ3n) is 5.16. The van der Waals surface area contributed by atoms with Gasteiger partial charge in [0, 0.05) is 25.6 Å². The number of carboxylic acids is 1. The van der Waals surface area contributed by atoms with Crippen molar-refractivity contribution in [1.82, 2.24) is 10.2 Å². The fourth-order valence-electron chi connectivity index (χ4n) is 3.55. The Morgan fingerprint density at radius 3 is 2.40 bits per heavy atom. The lowest BCUT2D eigenvalue weighted by Gasteiger charge is -2.38. The minimum atomic E-state index is -0.922. The maximum absolute atomic E-state index is 13.3. The van der Waals surface area contributed by atoms with Gasteiger partial charge in [0.05, 0.1) is 5.92 Å². The molecule has 138 valence electrons. The zero-order chi connectivity index (χ0) is 18.4. The predicted octanol–water partition coefficient (Wildman–Crippen LogP) is 3.39. The van der Waals surface area contributed by atoms with Crippen LogP contribution in [-0.4, -0.2) is 42.1 Å². The molecule has 0 radical (unpaired) electrons. The van der Waals surface area contributed by atoms with E-state index < -0.39 is 11.9 Å². The molecule has 25 heavy (non-hydrogen) atoms. The molecule has 2 rings (SSSR count). The molecule has 1 unspecified atom stereocenters. The zero-order valence-corrected chi connectivity index (χ0v) is 14.9. The molecule has 5 nitrogen and oxygen atoms in total. The van der Waals surface area contributed by atoms with Gasteiger partial charge < -0.3 is 15.3 Å². The van der Waals surface area contributed by atoms with Crippen molar-refractivity contribution in [1.29, 1.82) is 0 Å². The second-order valence-electron chi connectivity index (χ2n) is 7.13. The summed E-state index contributed by atoms with van der Waals surface area (Å²) < 4.78 is 13.3. The van der Waals surface area contributed by atoms with Crippen LogP contribution in [-0.2, 0) is 10.2 Å². The van der Waals surface area contributed by atoms with E-state index in [0.29, 0.717) is 6.54 Å². The Bertz CT molecular complexity index is 597. The molecule has 2 amide bonds. The van der Waals surface area contributed by atoms with Crippen molar-refractivity contribution < 1.29 is 19.1 Å². The molecule has 1 atom stereocenters. The average Bonchev–Trinajstić information content (AvgIpc) is 2.60. The Hall–Kier alpha value is -2.11. The van der Waals surface area contributed by atoms with Crippen molar-refractivity contribution in [3.05, 3.63) is 35.6 Å². The Labute approximate surface area is 148 Å². The Kier molecular flexibility index (Phi) is 6.39. The van der Waals surface area contributed by atoms with Crippen LogP contribution in [0, 0.1) is 11.7 Å². The molecule has 0 spiro atoms. The lowest BCUT2D eigenvalue weighted by molar-refractivity contribution is -0.141. The van der Waals surface area contributed by atoms with Gasteiger partial charge in [-0.05, 0) is 30.5 Å². The lowest BCUT2D eigenvalue weighted by Crippen LogP contribution is -2.47. The molecule has 0 bridgehead atoms. The van der Waals surface area contributed by atoms with Crippen LogP contribution in [0.5, 0.6) is 0 Å². The number of amides is 2. The molecule has 1 fully saturated rings. The van der Waals surface area contributed by atoms with E-state index in [9.17, 15) is 14.0 Å². The largest absolute Gasteiger partial charge is 0.481 e. The molecule has 0 aliphatic heterocycles. The molecule has 1 aliphatic carbocycles. The number of benzene rings is 1. The lowest BCUT2D eigenvalue weighted by atomic mass is 9.69. The van der Waals surface area contributed by atoms with Crippen molar-refractivity contribution in [2.45, 2.75) is 44.4 Å². The van der Waals surface area contributed by atoms with Gasteiger partial charge in [0.1, 0.15) is 5.82 Å². The number of aliphatic carboxylic acids is 1. The molecule has 0 heterocycles. The number of carbonyl (C=O) groups excluding carboxylic acids is 1. The second kappa shape index (κ2) is 8.32. The summed E-state index contributed by atoms with van der Waals surface area (Å²) in [6, 6.07) is 6.27. The second-order valence-corrected chi connectivity index (χ2v) is 7.13. The first kappa shape index (κ1) is 19.2. The molecule has 2 N–H and O–H groups in total. The van der Waals surface area contributed by atoms with E-state index in [-0.39, 0.29) is 23.8 Å². The highest BCUT2D eigenvalue weighted by atomic mass is 19.1.